The quantitative estimate of drug-likeness (QED) is 0.756. The van der Waals surface area contributed by atoms with E-state index in [0.717, 1.165) is 19.4 Å². The average molecular weight is 228 g/mol. The van der Waals surface area contributed by atoms with Gasteiger partial charge >= 0.3 is 0 Å². The monoisotopic (exact) mass is 228 g/mol. The predicted molar refractivity (Wildman–Crippen MR) is 68.6 cm³/mol. The highest BCUT2D eigenvalue weighted by molar-refractivity contribution is 4.85. The summed E-state index contributed by atoms with van der Waals surface area (Å²) in [6.07, 6.45) is 6.32. The molecule has 1 fully saturated rings. The number of ether oxygens (including phenoxy) is 1. The van der Waals surface area contributed by atoms with Gasteiger partial charge in [-0.25, -0.2) is 0 Å². The topological polar surface area (TPSA) is 38.5 Å². The van der Waals surface area contributed by atoms with Crippen LogP contribution in [0.4, 0.5) is 0 Å². The summed E-state index contributed by atoms with van der Waals surface area (Å²) in [6.45, 7) is 6.71. The van der Waals surface area contributed by atoms with E-state index in [4.69, 9.17) is 10.5 Å². The molecule has 3 nitrogen and oxygen atoms in total. The lowest BCUT2D eigenvalue weighted by atomic mass is 9.97. The zero-order chi connectivity index (χ0) is 12.0. The summed E-state index contributed by atoms with van der Waals surface area (Å²) in [5.74, 6) is 0. The molecule has 0 aliphatic carbocycles. The van der Waals surface area contributed by atoms with Crippen LogP contribution in [0.3, 0.4) is 0 Å². The third-order valence-electron chi connectivity index (χ3n) is 3.75. The lowest BCUT2D eigenvalue weighted by Gasteiger charge is -2.40. The van der Waals surface area contributed by atoms with Gasteiger partial charge in [0.15, 0.2) is 0 Å². The van der Waals surface area contributed by atoms with Crippen molar-refractivity contribution in [3.8, 4) is 0 Å². The van der Waals surface area contributed by atoms with Crippen molar-refractivity contribution in [1.29, 1.82) is 0 Å². The molecule has 1 aliphatic heterocycles. The Morgan fingerprint density at radius 1 is 1.44 bits per heavy atom. The Morgan fingerprint density at radius 3 is 2.75 bits per heavy atom. The molecule has 0 bridgehead atoms. The van der Waals surface area contributed by atoms with Crippen LogP contribution in [0.2, 0.25) is 0 Å². The molecule has 3 atom stereocenters. The molecule has 0 radical (unpaired) electrons. The summed E-state index contributed by atoms with van der Waals surface area (Å²) >= 11 is 0. The van der Waals surface area contributed by atoms with Crippen molar-refractivity contribution < 1.29 is 4.74 Å². The van der Waals surface area contributed by atoms with Crippen molar-refractivity contribution in [1.82, 2.24) is 4.90 Å². The summed E-state index contributed by atoms with van der Waals surface area (Å²) in [7, 11) is 1.82. The Kier molecular flexibility index (Phi) is 6.32. The zero-order valence-corrected chi connectivity index (χ0v) is 11.1. The number of nitrogens with zero attached hydrogens (tertiary/aromatic N) is 1. The summed E-state index contributed by atoms with van der Waals surface area (Å²) < 4.78 is 5.47. The largest absolute Gasteiger partial charge is 0.380 e. The first-order valence-electron chi connectivity index (χ1n) is 6.75. The smallest absolute Gasteiger partial charge is 0.0698 e. The van der Waals surface area contributed by atoms with Gasteiger partial charge < -0.3 is 10.5 Å². The van der Waals surface area contributed by atoms with Gasteiger partial charge in [-0.05, 0) is 32.2 Å². The predicted octanol–water partition coefficient (Wildman–Crippen LogP) is 2.00. The summed E-state index contributed by atoms with van der Waals surface area (Å²) in [5.41, 5.74) is 6.27. The van der Waals surface area contributed by atoms with E-state index in [1.165, 1.54) is 25.8 Å². The van der Waals surface area contributed by atoms with Crippen molar-refractivity contribution in [3.63, 3.8) is 0 Å². The number of methoxy groups -OCH3 is 1. The molecular weight excluding hydrogens is 200 g/mol. The fourth-order valence-electron chi connectivity index (χ4n) is 2.82. The molecule has 0 aromatic carbocycles. The first kappa shape index (κ1) is 13.9. The minimum Gasteiger partial charge on any atom is -0.380 e. The zero-order valence-electron chi connectivity index (χ0n) is 11.1. The average Bonchev–Trinajstić information content (AvgIpc) is 2.31. The van der Waals surface area contributed by atoms with E-state index < -0.39 is 0 Å². The fraction of sp³-hybridized carbons (Fsp3) is 1.00. The van der Waals surface area contributed by atoms with Crippen molar-refractivity contribution in [3.05, 3.63) is 0 Å². The van der Waals surface area contributed by atoms with Crippen molar-refractivity contribution >= 4 is 0 Å². The van der Waals surface area contributed by atoms with E-state index >= 15 is 0 Å². The maximum atomic E-state index is 6.27. The molecule has 0 spiro atoms. The van der Waals surface area contributed by atoms with Crippen LogP contribution in [-0.4, -0.2) is 43.3 Å². The minimum atomic E-state index is 0.325. The maximum absolute atomic E-state index is 6.27. The van der Waals surface area contributed by atoms with E-state index in [1.807, 2.05) is 7.11 Å². The fourth-order valence-corrected chi connectivity index (χ4v) is 2.82. The molecule has 1 rings (SSSR count). The number of rotatable bonds is 6. The van der Waals surface area contributed by atoms with Crippen LogP contribution in [0.25, 0.3) is 0 Å². The second-order valence-electron chi connectivity index (χ2n) is 4.92. The Balaban J connectivity index is 2.50. The molecule has 0 amide bonds. The minimum absolute atomic E-state index is 0.325. The standard InChI is InChI=1S/C13H28N2O/c1-4-7-12(14)13(5-2)15-9-6-8-11(10-15)16-3/h11-13H,4-10,14H2,1-3H3. The van der Waals surface area contributed by atoms with E-state index in [9.17, 15) is 0 Å². The first-order valence-corrected chi connectivity index (χ1v) is 6.75. The Morgan fingerprint density at radius 2 is 2.19 bits per heavy atom. The highest BCUT2D eigenvalue weighted by Crippen LogP contribution is 2.19. The second kappa shape index (κ2) is 7.25. The van der Waals surface area contributed by atoms with Gasteiger partial charge in [-0.2, -0.15) is 0 Å². The molecular formula is C13H28N2O. The second-order valence-corrected chi connectivity index (χ2v) is 4.92. The van der Waals surface area contributed by atoms with Gasteiger partial charge in [0, 0.05) is 25.7 Å². The Bertz CT molecular complexity index is 187. The van der Waals surface area contributed by atoms with Crippen molar-refractivity contribution in [2.24, 2.45) is 5.73 Å². The van der Waals surface area contributed by atoms with Gasteiger partial charge in [0.05, 0.1) is 6.10 Å². The number of nitrogens with two attached hydrogens (primary N) is 1. The number of hydrogen-bond donors (Lipinski definition) is 1. The number of piperidine rings is 1. The van der Waals surface area contributed by atoms with E-state index in [2.05, 4.69) is 18.7 Å². The van der Waals surface area contributed by atoms with E-state index in [-0.39, 0.29) is 0 Å². The highest BCUT2D eigenvalue weighted by Gasteiger charge is 2.27. The lowest BCUT2D eigenvalue weighted by molar-refractivity contribution is 0.00848. The number of likely N-dealkylation sites (tertiary alicyclic amines) is 1. The molecule has 2 N–H and O–H groups in total. The van der Waals surface area contributed by atoms with Crippen LogP contribution in [0, 0.1) is 0 Å². The molecule has 3 unspecified atom stereocenters. The van der Waals surface area contributed by atoms with Crippen molar-refractivity contribution in [2.75, 3.05) is 20.2 Å². The molecule has 1 heterocycles. The van der Waals surface area contributed by atoms with Crippen molar-refractivity contribution in [2.45, 2.75) is 64.1 Å². The van der Waals surface area contributed by atoms with E-state index in [1.54, 1.807) is 0 Å². The van der Waals surface area contributed by atoms with Gasteiger partial charge in [0.25, 0.3) is 0 Å². The molecule has 1 saturated heterocycles. The molecule has 0 saturated carbocycles. The van der Waals surface area contributed by atoms with Gasteiger partial charge in [-0.15, -0.1) is 0 Å². The van der Waals surface area contributed by atoms with Gasteiger partial charge in [0.2, 0.25) is 0 Å². The van der Waals surface area contributed by atoms with Crippen LogP contribution in [-0.2, 0) is 4.74 Å². The molecule has 3 heteroatoms. The molecule has 16 heavy (non-hydrogen) atoms. The van der Waals surface area contributed by atoms with Crippen LogP contribution < -0.4 is 5.73 Å². The van der Waals surface area contributed by atoms with Gasteiger partial charge in [-0.3, -0.25) is 4.90 Å². The van der Waals surface area contributed by atoms with Crippen LogP contribution >= 0.6 is 0 Å². The Labute approximate surface area is 100 Å². The number of hydrogen-bond acceptors (Lipinski definition) is 3. The van der Waals surface area contributed by atoms with Crippen LogP contribution in [0.5, 0.6) is 0 Å². The molecule has 1 aliphatic rings. The highest BCUT2D eigenvalue weighted by atomic mass is 16.5. The molecule has 96 valence electrons. The van der Waals surface area contributed by atoms with Gasteiger partial charge in [0.1, 0.15) is 0 Å². The SMILES string of the molecule is CCCC(N)C(CC)N1CCCC(OC)C1. The normalized spacial score (nSPS) is 26.6. The summed E-state index contributed by atoms with van der Waals surface area (Å²) in [6, 6.07) is 0.864. The summed E-state index contributed by atoms with van der Waals surface area (Å²) in [4.78, 5) is 2.54. The molecule has 0 aromatic rings. The van der Waals surface area contributed by atoms with Crippen LogP contribution in [0.15, 0.2) is 0 Å². The lowest BCUT2D eigenvalue weighted by Crippen LogP contribution is -2.52. The van der Waals surface area contributed by atoms with Gasteiger partial charge in [-0.1, -0.05) is 20.3 Å². The van der Waals surface area contributed by atoms with E-state index in [0.29, 0.717) is 18.2 Å². The maximum Gasteiger partial charge on any atom is 0.0698 e. The van der Waals surface area contributed by atoms with Crippen LogP contribution in [0.1, 0.15) is 46.0 Å². The third kappa shape index (κ3) is 3.72. The first-order chi connectivity index (χ1) is 7.72. The third-order valence-corrected chi connectivity index (χ3v) is 3.75. The molecule has 0 aromatic heterocycles. The Hall–Kier alpha value is -0.120. The summed E-state index contributed by atoms with van der Waals surface area (Å²) in [5, 5.41) is 0.